The van der Waals surface area contributed by atoms with Gasteiger partial charge in [0.2, 0.25) is 0 Å². The minimum absolute atomic E-state index is 0.0136. The summed E-state index contributed by atoms with van der Waals surface area (Å²) in [6.07, 6.45) is 1.29. The number of ether oxygens (including phenoxy) is 2. The lowest BCUT2D eigenvalue weighted by Crippen LogP contribution is -2.14. The summed E-state index contributed by atoms with van der Waals surface area (Å²) in [5.74, 6) is -1.05. The molecule has 0 radical (unpaired) electrons. The van der Waals surface area contributed by atoms with Gasteiger partial charge in [-0.3, -0.25) is 14.9 Å². The number of nitriles is 1. The first-order valence-electron chi connectivity index (χ1n) is 11.1. The van der Waals surface area contributed by atoms with Gasteiger partial charge in [0, 0.05) is 12.1 Å². The molecule has 0 aliphatic heterocycles. The number of nitrogens with zero attached hydrogens (tertiary/aromatic N) is 2. The molecule has 0 unspecified atom stereocenters. The van der Waals surface area contributed by atoms with Crippen LogP contribution in [0.5, 0.6) is 11.5 Å². The second kappa shape index (κ2) is 11.2. The Hall–Kier alpha value is -5.20. The second-order valence-corrected chi connectivity index (χ2v) is 8.28. The fraction of sp³-hybridized carbons (Fsp3) is 0.0357. The highest BCUT2D eigenvalue weighted by molar-refractivity contribution is 6.34. The normalized spacial score (nSPS) is 10.9. The van der Waals surface area contributed by atoms with Crippen LogP contribution in [0.4, 0.5) is 11.4 Å². The molecule has 0 saturated heterocycles. The van der Waals surface area contributed by atoms with Crippen molar-refractivity contribution in [2.75, 3.05) is 12.4 Å². The third-order valence-electron chi connectivity index (χ3n) is 5.48. The Kier molecular flexibility index (Phi) is 7.66. The number of anilines is 1. The van der Waals surface area contributed by atoms with Gasteiger partial charge in [0.1, 0.15) is 11.6 Å². The monoisotopic (exact) mass is 527 g/mol. The lowest BCUT2D eigenvalue weighted by atomic mass is 10.0. The zero-order chi connectivity index (χ0) is 27.2. The van der Waals surface area contributed by atoms with E-state index in [-0.39, 0.29) is 33.5 Å². The number of halogens is 1. The van der Waals surface area contributed by atoms with Gasteiger partial charge in [-0.1, -0.05) is 54.1 Å². The molecule has 188 valence electrons. The van der Waals surface area contributed by atoms with E-state index in [1.54, 1.807) is 24.3 Å². The average Bonchev–Trinajstić information content (AvgIpc) is 2.92. The average molecular weight is 528 g/mol. The van der Waals surface area contributed by atoms with Crippen molar-refractivity contribution in [3.05, 3.63) is 111 Å². The Morgan fingerprint density at radius 3 is 2.53 bits per heavy atom. The molecule has 4 rings (SSSR count). The Morgan fingerprint density at radius 1 is 1.03 bits per heavy atom. The minimum atomic E-state index is -0.819. The van der Waals surface area contributed by atoms with E-state index in [0.29, 0.717) is 11.1 Å². The summed E-state index contributed by atoms with van der Waals surface area (Å²) in [6.45, 7) is 0. The van der Waals surface area contributed by atoms with Gasteiger partial charge in [0.25, 0.3) is 11.6 Å². The molecule has 0 spiro atoms. The van der Waals surface area contributed by atoms with Crippen molar-refractivity contribution in [2.24, 2.45) is 0 Å². The van der Waals surface area contributed by atoms with Gasteiger partial charge < -0.3 is 14.8 Å². The molecule has 0 aliphatic carbocycles. The molecule has 1 amide bonds. The summed E-state index contributed by atoms with van der Waals surface area (Å²) in [5, 5.41) is 24.7. The summed E-state index contributed by atoms with van der Waals surface area (Å²) < 4.78 is 11.0. The van der Waals surface area contributed by atoms with Crippen LogP contribution in [-0.2, 0) is 4.79 Å². The molecule has 0 fully saturated rings. The van der Waals surface area contributed by atoms with Crippen LogP contribution in [0.3, 0.4) is 0 Å². The molecule has 38 heavy (non-hydrogen) atoms. The SMILES string of the molecule is COc1cc(/C=C(\C#N)C(=O)Nc2cc([N+](=O)[O-])ccc2Cl)ccc1OC(=O)c1cccc2ccccc12. The Bertz CT molecular complexity index is 1650. The van der Waals surface area contributed by atoms with Gasteiger partial charge in [-0.05, 0) is 46.7 Å². The highest BCUT2D eigenvalue weighted by Crippen LogP contribution is 2.31. The van der Waals surface area contributed by atoms with Crippen molar-refractivity contribution in [2.45, 2.75) is 0 Å². The number of nitro benzene ring substituents is 1. The lowest BCUT2D eigenvalue weighted by Gasteiger charge is -2.11. The van der Waals surface area contributed by atoms with Crippen LogP contribution in [0.1, 0.15) is 15.9 Å². The fourth-order valence-corrected chi connectivity index (χ4v) is 3.81. The highest BCUT2D eigenvalue weighted by atomic mass is 35.5. The summed E-state index contributed by atoms with van der Waals surface area (Å²) in [7, 11) is 1.39. The Labute approximate surface area is 221 Å². The lowest BCUT2D eigenvalue weighted by molar-refractivity contribution is -0.384. The molecular formula is C28H18ClN3O6. The summed E-state index contributed by atoms with van der Waals surface area (Å²) in [5.41, 5.74) is 0.210. The maximum absolute atomic E-state index is 12.9. The van der Waals surface area contributed by atoms with Crippen molar-refractivity contribution in [1.29, 1.82) is 5.26 Å². The first-order valence-corrected chi connectivity index (χ1v) is 11.4. The van der Waals surface area contributed by atoms with Gasteiger partial charge in [-0.25, -0.2) is 4.79 Å². The minimum Gasteiger partial charge on any atom is -0.493 e. The number of fused-ring (bicyclic) bond motifs is 1. The molecule has 1 N–H and O–H groups in total. The van der Waals surface area contributed by atoms with E-state index in [0.717, 1.165) is 16.8 Å². The first-order chi connectivity index (χ1) is 18.3. The van der Waals surface area contributed by atoms with Crippen LogP contribution in [0, 0.1) is 21.4 Å². The number of carbonyl (C=O) groups excluding carboxylic acids is 2. The van der Waals surface area contributed by atoms with Crippen molar-refractivity contribution in [3.8, 4) is 17.6 Å². The molecule has 10 heteroatoms. The maximum atomic E-state index is 12.9. The molecule has 9 nitrogen and oxygen atoms in total. The van der Waals surface area contributed by atoms with Gasteiger partial charge in [-0.2, -0.15) is 5.26 Å². The van der Waals surface area contributed by atoms with Crippen molar-refractivity contribution in [1.82, 2.24) is 0 Å². The molecule has 0 aliphatic rings. The van der Waals surface area contributed by atoms with Crippen LogP contribution in [0.2, 0.25) is 5.02 Å². The summed E-state index contributed by atoms with van der Waals surface area (Å²) in [4.78, 5) is 36.0. The predicted octanol–water partition coefficient (Wildman–Crippen LogP) is 6.17. The van der Waals surface area contributed by atoms with Crippen LogP contribution >= 0.6 is 11.6 Å². The molecule has 0 saturated carbocycles. The standard InChI is InChI=1S/C28H18ClN3O6/c1-37-26-14-17(13-19(16-30)27(33)31-24-15-20(32(35)36)10-11-23(24)29)9-12-25(26)38-28(34)22-8-4-6-18-5-2-3-7-21(18)22/h2-15H,1H3,(H,31,33)/b19-13+. The number of rotatable bonds is 7. The number of amides is 1. The Balaban J connectivity index is 1.57. The number of hydrogen-bond acceptors (Lipinski definition) is 7. The van der Waals surface area contributed by atoms with E-state index in [4.69, 9.17) is 21.1 Å². The molecule has 0 aromatic heterocycles. The van der Waals surface area contributed by atoms with E-state index in [1.165, 1.54) is 37.5 Å². The van der Waals surface area contributed by atoms with Gasteiger partial charge in [0.15, 0.2) is 11.5 Å². The van der Waals surface area contributed by atoms with Gasteiger partial charge >= 0.3 is 5.97 Å². The van der Waals surface area contributed by atoms with Crippen LogP contribution in [0.15, 0.2) is 84.4 Å². The Morgan fingerprint density at radius 2 is 1.79 bits per heavy atom. The number of methoxy groups -OCH3 is 1. The van der Waals surface area contributed by atoms with Gasteiger partial charge in [0.05, 0.1) is 28.3 Å². The number of carbonyl (C=O) groups is 2. The van der Waals surface area contributed by atoms with Crippen LogP contribution in [0.25, 0.3) is 16.8 Å². The molecule has 0 heterocycles. The largest absolute Gasteiger partial charge is 0.493 e. The van der Waals surface area contributed by atoms with Crippen molar-refractivity contribution >= 4 is 51.7 Å². The third kappa shape index (κ3) is 5.61. The molecule has 4 aromatic carbocycles. The zero-order valence-corrected chi connectivity index (χ0v) is 20.6. The number of non-ortho nitro benzene ring substituents is 1. The number of nitrogens with one attached hydrogen (secondary N) is 1. The maximum Gasteiger partial charge on any atom is 0.344 e. The van der Waals surface area contributed by atoms with Crippen LogP contribution in [-0.4, -0.2) is 23.9 Å². The van der Waals surface area contributed by atoms with E-state index < -0.39 is 16.8 Å². The molecule has 0 atom stereocenters. The summed E-state index contributed by atoms with van der Waals surface area (Å²) >= 11 is 6.03. The number of esters is 1. The summed E-state index contributed by atoms with van der Waals surface area (Å²) in [6, 6.07) is 22.6. The van der Waals surface area contributed by atoms with E-state index in [2.05, 4.69) is 5.32 Å². The molecule has 4 aromatic rings. The molecular weight excluding hydrogens is 510 g/mol. The molecule has 0 bridgehead atoms. The van der Waals surface area contributed by atoms with E-state index in [1.807, 2.05) is 30.3 Å². The number of hydrogen-bond donors (Lipinski definition) is 1. The first kappa shape index (κ1) is 25.9. The highest BCUT2D eigenvalue weighted by Gasteiger charge is 2.17. The van der Waals surface area contributed by atoms with Gasteiger partial charge in [-0.15, -0.1) is 0 Å². The topological polar surface area (TPSA) is 132 Å². The number of nitro groups is 1. The fourth-order valence-electron chi connectivity index (χ4n) is 3.64. The van der Waals surface area contributed by atoms with Crippen molar-refractivity contribution in [3.63, 3.8) is 0 Å². The van der Waals surface area contributed by atoms with Crippen LogP contribution < -0.4 is 14.8 Å². The predicted molar refractivity (Wildman–Crippen MR) is 142 cm³/mol. The number of benzene rings is 4. The van der Waals surface area contributed by atoms with E-state index in [9.17, 15) is 25.0 Å². The van der Waals surface area contributed by atoms with E-state index >= 15 is 0 Å². The quantitative estimate of drug-likeness (QED) is 0.0758. The second-order valence-electron chi connectivity index (χ2n) is 7.87. The zero-order valence-electron chi connectivity index (χ0n) is 19.8. The van der Waals surface area contributed by atoms with Crippen molar-refractivity contribution < 1.29 is 24.0 Å². The third-order valence-corrected chi connectivity index (χ3v) is 5.81. The smallest absolute Gasteiger partial charge is 0.344 e.